The van der Waals surface area contributed by atoms with E-state index in [1.807, 2.05) is 0 Å². The van der Waals surface area contributed by atoms with Gasteiger partial charge in [-0.15, -0.1) is 0 Å². The molecule has 2 saturated heterocycles. The summed E-state index contributed by atoms with van der Waals surface area (Å²) in [5.74, 6) is -0.115. The molecule has 1 aromatic rings. The lowest BCUT2D eigenvalue weighted by atomic mass is 10.0. The summed E-state index contributed by atoms with van der Waals surface area (Å²) < 4.78 is 32.0. The zero-order chi connectivity index (χ0) is 17.0. The van der Waals surface area contributed by atoms with Crippen molar-refractivity contribution in [3.05, 3.63) is 24.3 Å². The van der Waals surface area contributed by atoms with E-state index in [1.165, 1.54) is 10.4 Å². The first-order valence-electron chi connectivity index (χ1n) is 8.29. The Kier molecular flexibility index (Phi) is 5.50. The van der Waals surface area contributed by atoms with E-state index in [2.05, 4.69) is 10.6 Å². The number of morpholine rings is 1. The van der Waals surface area contributed by atoms with Gasteiger partial charge >= 0.3 is 0 Å². The molecule has 132 valence electrons. The first kappa shape index (κ1) is 17.3. The highest BCUT2D eigenvalue weighted by Crippen LogP contribution is 2.21. The monoisotopic (exact) mass is 353 g/mol. The highest BCUT2D eigenvalue weighted by molar-refractivity contribution is 7.89. The number of hydrogen-bond acceptors (Lipinski definition) is 5. The fourth-order valence-corrected chi connectivity index (χ4v) is 4.43. The van der Waals surface area contributed by atoms with Crippen LogP contribution in [0.25, 0.3) is 0 Å². The van der Waals surface area contributed by atoms with Gasteiger partial charge in [0.1, 0.15) is 0 Å². The molecule has 0 radical (unpaired) electrons. The Labute approximate surface area is 142 Å². The summed E-state index contributed by atoms with van der Waals surface area (Å²) >= 11 is 0. The number of rotatable bonds is 4. The van der Waals surface area contributed by atoms with Crippen molar-refractivity contribution in [3.8, 4) is 0 Å². The molecule has 2 N–H and O–H groups in total. The van der Waals surface area contributed by atoms with E-state index in [4.69, 9.17) is 4.74 Å². The average Bonchev–Trinajstić information content (AvgIpc) is 2.63. The van der Waals surface area contributed by atoms with Crippen LogP contribution in [0.15, 0.2) is 29.2 Å². The van der Waals surface area contributed by atoms with Crippen molar-refractivity contribution in [1.29, 1.82) is 0 Å². The zero-order valence-corrected chi connectivity index (χ0v) is 14.3. The van der Waals surface area contributed by atoms with Gasteiger partial charge in [-0.3, -0.25) is 4.79 Å². The Balaban J connectivity index is 1.72. The molecule has 1 unspecified atom stereocenters. The van der Waals surface area contributed by atoms with E-state index in [0.717, 1.165) is 25.8 Å². The summed E-state index contributed by atoms with van der Waals surface area (Å²) in [6.07, 6.45) is 2.91. The number of nitrogens with one attached hydrogen (secondary N) is 2. The molecule has 1 aromatic carbocycles. The Hall–Kier alpha value is -1.48. The molecule has 1 atom stereocenters. The Morgan fingerprint density at radius 1 is 1.25 bits per heavy atom. The number of benzene rings is 1. The smallest absolute Gasteiger partial charge is 0.243 e. The lowest BCUT2D eigenvalue weighted by Crippen LogP contribution is -2.43. The van der Waals surface area contributed by atoms with Gasteiger partial charge < -0.3 is 15.4 Å². The number of carbonyl (C=O) groups is 1. The van der Waals surface area contributed by atoms with Crippen LogP contribution in [0.4, 0.5) is 5.69 Å². The summed E-state index contributed by atoms with van der Waals surface area (Å²) in [6, 6.07) is 6.22. The quantitative estimate of drug-likeness (QED) is 0.836. The van der Waals surface area contributed by atoms with Crippen LogP contribution in [0.1, 0.15) is 19.3 Å². The van der Waals surface area contributed by atoms with Crippen LogP contribution in [-0.2, 0) is 19.6 Å². The standard InChI is InChI=1S/C16H23N3O4S/c20-16(15-6-1-2-7-17-15)18-13-4-3-5-14(12-13)24(21,22)19-8-10-23-11-9-19/h3-5,12,15,17H,1-2,6-11H2,(H,18,20). The van der Waals surface area contributed by atoms with Crippen molar-refractivity contribution in [2.24, 2.45) is 0 Å². The van der Waals surface area contributed by atoms with E-state index < -0.39 is 10.0 Å². The Morgan fingerprint density at radius 2 is 2.04 bits per heavy atom. The number of hydrogen-bond donors (Lipinski definition) is 2. The minimum absolute atomic E-state index is 0.115. The van der Waals surface area contributed by atoms with Gasteiger partial charge in [0, 0.05) is 18.8 Å². The molecule has 2 fully saturated rings. The number of carbonyl (C=O) groups excluding carboxylic acids is 1. The molecule has 0 saturated carbocycles. The van der Waals surface area contributed by atoms with Crippen LogP contribution in [0.3, 0.4) is 0 Å². The SMILES string of the molecule is O=C(Nc1cccc(S(=O)(=O)N2CCOCC2)c1)C1CCCCN1. The van der Waals surface area contributed by atoms with Crippen molar-refractivity contribution < 1.29 is 17.9 Å². The Bertz CT molecular complexity index is 680. The third-order valence-electron chi connectivity index (χ3n) is 4.34. The van der Waals surface area contributed by atoms with Gasteiger partial charge in [0.05, 0.1) is 24.2 Å². The second-order valence-electron chi connectivity index (χ2n) is 6.04. The van der Waals surface area contributed by atoms with Crippen LogP contribution < -0.4 is 10.6 Å². The minimum Gasteiger partial charge on any atom is -0.379 e. The fraction of sp³-hybridized carbons (Fsp3) is 0.562. The number of anilines is 1. The van der Waals surface area contributed by atoms with Gasteiger partial charge in [-0.2, -0.15) is 4.31 Å². The number of ether oxygens (including phenoxy) is 1. The topological polar surface area (TPSA) is 87.7 Å². The number of piperidine rings is 1. The molecule has 8 heteroatoms. The minimum atomic E-state index is -3.56. The lowest BCUT2D eigenvalue weighted by Gasteiger charge is -2.26. The van der Waals surface area contributed by atoms with Crippen LogP contribution in [0.2, 0.25) is 0 Å². The van der Waals surface area contributed by atoms with Crippen molar-refractivity contribution >= 4 is 21.6 Å². The maximum Gasteiger partial charge on any atom is 0.243 e. The molecular formula is C16H23N3O4S. The average molecular weight is 353 g/mol. The second kappa shape index (κ2) is 7.60. The summed E-state index contributed by atoms with van der Waals surface area (Å²) in [7, 11) is -3.56. The molecule has 2 aliphatic heterocycles. The third kappa shape index (κ3) is 3.94. The zero-order valence-electron chi connectivity index (χ0n) is 13.5. The first-order valence-corrected chi connectivity index (χ1v) is 9.73. The molecular weight excluding hydrogens is 330 g/mol. The molecule has 0 bridgehead atoms. The number of nitrogens with zero attached hydrogens (tertiary/aromatic N) is 1. The van der Waals surface area contributed by atoms with Crippen LogP contribution in [0, 0.1) is 0 Å². The van der Waals surface area contributed by atoms with E-state index in [9.17, 15) is 13.2 Å². The van der Waals surface area contributed by atoms with Crippen molar-refractivity contribution in [1.82, 2.24) is 9.62 Å². The number of amides is 1. The van der Waals surface area contributed by atoms with Crippen molar-refractivity contribution in [3.63, 3.8) is 0 Å². The second-order valence-corrected chi connectivity index (χ2v) is 7.97. The largest absolute Gasteiger partial charge is 0.379 e. The highest BCUT2D eigenvalue weighted by atomic mass is 32.2. The predicted molar refractivity (Wildman–Crippen MR) is 90.3 cm³/mol. The fourth-order valence-electron chi connectivity index (χ4n) is 2.98. The molecule has 1 amide bonds. The van der Waals surface area contributed by atoms with Crippen molar-refractivity contribution in [2.45, 2.75) is 30.2 Å². The molecule has 0 aliphatic carbocycles. The first-order chi connectivity index (χ1) is 11.6. The Morgan fingerprint density at radius 3 is 2.75 bits per heavy atom. The third-order valence-corrected chi connectivity index (χ3v) is 6.23. The maximum atomic E-state index is 12.7. The molecule has 0 spiro atoms. The summed E-state index contributed by atoms with van der Waals surface area (Å²) in [6.45, 7) is 2.35. The van der Waals surface area contributed by atoms with Gasteiger partial charge in [0.15, 0.2) is 0 Å². The normalized spacial score (nSPS) is 22.9. The summed E-state index contributed by atoms with van der Waals surface area (Å²) in [4.78, 5) is 12.5. The van der Waals surface area contributed by atoms with E-state index >= 15 is 0 Å². The summed E-state index contributed by atoms with van der Waals surface area (Å²) in [5, 5.41) is 6.00. The molecule has 7 nitrogen and oxygen atoms in total. The van der Waals surface area contributed by atoms with Crippen LogP contribution >= 0.6 is 0 Å². The molecule has 24 heavy (non-hydrogen) atoms. The lowest BCUT2D eigenvalue weighted by molar-refractivity contribution is -0.118. The molecule has 2 heterocycles. The van der Waals surface area contributed by atoms with Crippen LogP contribution in [-0.4, -0.2) is 57.5 Å². The molecule has 0 aromatic heterocycles. The maximum absolute atomic E-state index is 12.7. The van der Waals surface area contributed by atoms with Crippen molar-refractivity contribution in [2.75, 3.05) is 38.2 Å². The van der Waals surface area contributed by atoms with Gasteiger partial charge in [-0.05, 0) is 37.6 Å². The van der Waals surface area contributed by atoms with E-state index in [-0.39, 0.29) is 16.8 Å². The van der Waals surface area contributed by atoms with Gasteiger partial charge in [-0.25, -0.2) is 8.42 Å². The van der Waals surface area contributed by atoms with E-state index in [1.54, 1.807) is 18.2 Å². The predicted octanol–water partition coefficient (Wildman–Crippen LogP) is 0.788. The van der Waals surface area contributed by atoms with Gasteiger partial charge in [0.2, 0.25) is 15.9 Å². The highest BCUT2D eigenvalue weighted by Gasteiger charge is 2.27. The number of sulfonamides is 1. The van der Waals surface area contributed by atoms with Gasteiger partial charge in [-0.1, -0.05) is 12.5 Å². The summed E-state index contributed by atoms with van der Waals surface area (Å²) in [5.41, 5.74) is 0.502. The van der Waals surface area contributed by atoms with Gasteiger partial charge in [0.25, 0.3) is 0 Å². The molecule has 2 aliphatic rings. The van der Waals surface area contributed by atoms with E-state index in [0.29, 0.717) is 32.0 Å². The molecule has 3 rings (SSSR count). The van der Waals surface area contributed by atoms with Crippen LogP contribution in [0.5, 0.6) is 0 Å².